The molecule has 7 heteroatoms. The number of rotatable bonds is 2. The lowest BCUT2D eigenvalue weighted by Crippen LogP contribution is -2.41. The van der Waals surface area contributed by atoms with Crippen LogP contribution in [0.4, 0.5) is 5.69 Å². The molecule has 0 radical (unpaired) electrons. The van der Waals surface area contributed by atoms with E-state index in [1.165, 1.54) is 0 Å². The summed E-state index contributed by atoms with van der Waals surface area (Å²) in [4.78, 5) is 4.32. The molecule has 2 heterocycles. The molecule has 1 fully saturated rings. The van der Waals surface area contributed by atoms with Crippen LogP contribution in [0.2, 0.25) is 0 Å². The number of pyridine rings is 1. The van der Waals surface area contributed by atoms with Crippen LogP contribution in [0.15, 0.2) is 17.2 Å². The van der Waals surface area contributed by atoms with Gasteiger partial charge in [0.05, 0.1) is 27.6 Å². The lowest BCUT2D eigenvalue weighted by molar-refractivity contribution is 0.00578. The maximum atomic E-state index is 11.5. The highest BCUT2D eigenvalue weighted by Crippen LogP contribution is 2.36. The van der Waals surface area contributed by atoms with Gasteiger partial charge in [-0.2, -0.15) is 0 Å². The minimum absolute atomic E-state index is 0.435. The van der Waals surface area contributed by atoms with Crippen molar-refractivity contribution in [1.82, 2.24) is 4.98 Å². The number of nitrogen functional groups attached to an aromatic ring is 1. The zero-order valence-corrected chi connectivity index (χ0v) is 12.7. The molecule has 0 saturated carbocycles. The van der Waals surface area contributed by atoms with Gasteiger partial charge in [0.25, 0.3) is 0 Å². The summed E-state index contributed by atoms with van der Waals surface area (Å²) in [6.07, 6.45) is 1.57. The Morgan fingerprint density at radius 2 is 1.74 bits per heavy atom. The van der Waals surface area contributed by atoms with Gasteiger partial charge in [0.2, 0.25) is 0 Å². The molecule has 1 unspecified atom stereocenters. The van der Waals surface area contributed by atoms with Crippen LogP contribution in [0.25, 0.3) is 0 Å². The Balaban J connectivity index is 2.37. The molecule has 19 heavy (non-hydrogen) atoms. The van der Waals surface area contributed by atoms with Gasteiger partial charge in [0, 0.05) is 11.9 Å². The molecule has 2 N–H and O–H groups in total. The van der Waals surface area contributed by atoms with Crippen LogP contribution in [0.1, 0.15) is 27.7 Å². The number of nitrogens with zero attached hydrogens (tertiary/aromatic N) is 1. The van der Waals surface area contributed by atoms with Gasteiger partial charge < -0.3 is 15.0 Å². The molecular formula is C12H19BN2O3S. The first kappa shape index (κ1) is 14.5. The first-order valence-corrected chi connectivity index (χ1v) is 7.65. The van der Waals surface area contributed by atoms with Gasteiger partial charge >= 0.3 is 7.12 Å². The number of hydrogen-bond acceptors (Lipinski definition) is 5. The normalized spacial score (nSPS) is 22.5. The third-order valence-corrected chi connectivity index (χ3v) is 4.43. The Morgan fingerprint density at radius 3 is 2.21 bits per heavy atom. The summed E-state index contributed by atoms with van der Waals surface area (Å²) in [6, 6.07) is 3.29. The summed E-state index contributed by atoms with van der Waals surface area (Å²) in [5, 5.41) is 0.435. The fraction of sp³-hybridized carbons (Fsp3) is 0.583. The van der Waals surface area contributed by atoms with Crippen molar-refractivity contribution in [1.29, 1.82) is 0 Å². The van der Waals surface area contributed by atoms with Crippen molar-refractivity contribution in [2.75, 3.05) is 12.0 Å². The van der Waals surface area contributed by atoms with Crippen molar-refractivity contribution in [3.8, 4) is 0 Å². The van der Waals surface area contributed by atoms with Gasteiger partial charge in [0.15, 0.2) is 0 Å². The maximum absolute atomic E-state index is 11.5. The summed E-state index contributed by atoms with van der Waals surface area (Å²) < 4.78 is 23.3. The van der Waals surface area contributed by atoms with Crippen molar-refractivity contribution in [3.63, 3.8) is 0 Å². The molecule has 1 atom stereocenters. The number of hydrogen-bond donors (Lipinski definition) is 1. The van der Waals surface area contributed by atoms with Crippen molar-refractivity contribution >= 4 is 29.2 Å². The zero-order valence-electron chi connectivity index (χ0n) is 11.9. The maximum Gasteiger partial charge on any atom is 0.514 e. The Kier molecular flexibility index (Phi) is 3.49. The van der Waals surface area contributed by atoms with E-state index in [9.17, 15) is 4.21 Å². The molecule has 104 valence electrons. The average Bonchev–Trinajstić information content (AvgIpc) is 2.47. The SMILES string of the molecule is CS(=O)c1cc(N)cc(B2OC(C)(C)C(C)(C)O2)n1. The lowest BCUT2D eigenvalue weighted by Gasteiger charge is -2.32. The standard InChI is InChI=1S/C12H19BN2O3S/c1-11(2)12(3,4)18-13(17-11)9-6-8(14)7-10(15-9)19(5)16/h6-7H,1-5H3,(H2,14,15). The largest absolute Gasteiger partial charge is 0.514 e. The van der Waals surface area contributed by atoms with Gasteiger partial charge in [-0.25, -0.2) is 4.98 Å². The van der Waals surface area contributed by atoms with E-state index in [-0.39, 0.29) is 0 Å². The molecule has 0 aliphatic carbocycles. The van der Waals surface area contributed by atoms with Gasteiger partial charge in [-0.15, -0.1) is 0 Å². The third kappa shape index (κ3) is 2.68. The molecule has 1 aliphatic heterocycles. The van der Waals surface area contributed by atoms with Crippen LogP contribution in [0.5, 0.6) is 0 Å². The van der Waals surface area contributed by atoms with Crippen LogP contribution in [0, 0.1) is 0 Å². The van der Waals surface area contributed by atoms with Crippen molar-refractivity contribution in [2.45, 2.75) is 43.9 Å². The predicted octanol–water partition coefficient (Wildman–Crippen LogP) is 0.700. The second-order valence-corrected chi connectivity index (χ2v) is 7.03. The second kappa shape index (κ2) is 4.57. The van der Waals surface area contributed by atoms with E-state index >= 15 is 0 Å². The molecule has 1 aliphatic rings. The summed E-state index contributed by atoms with van der Waals surface area (Å²) in [7, 11) is -1.78. The van der Waals surface area contributed by atoms with Crippen molar-refractivity contribution < 1.29 is 13.5 Å². The van der Waals surface area contributed by atoms with E-state index in [4.69, 9.17) is 15.0 Å². The van der Waals surface area contributed by atoms with Crippen molar-refractivity contribution in [3.05, 3.63) is 12.1 Å². The molecule has 0 spiro atoms. The van der Waals surface area contributed by atoms with E-state index in [0.717, 1.165) is 0 Å². The summed E-state index contributed by atoms with van der Waals surface area (Å²) in [5.41, 5.74) is 6.01. The van der Waals surface area contributed by atoms with Crippen molar-refractivity contribution in [2.24, 2.45) is 0 Å². The van der Waals surface area contributed by atoms with Crippen LogP contribution >= 0.6 is 0 Å². The molecule has 5 nitrogen and oxygen atoms in total. The quantitative estimate of drug-likeness (QED) is 0.808. The Labute approximate surface area is 116 Å². The number of anilines is 1. The highest BCUT2D eigenvalue weighted by Gasteiger charge is 2.52. The molecule has 0 aromatic carbocycles. The fourth-order valence-electron chi connectivity index (χ4n) is 1.78. The Hall–Kier alpha value is -0.915. The van der Waals surface area contributed by atoms with Crippen LogP contribution in [0.3, 0.4) is 0 Å². The summed E-state index contributed by atoms with van der Waals surface area (Å²) >= 11 is 0. The molecule has 1 saturated heterocycles. The summed E-state index contributed by atoms with van der Waals surface area (Å²) in [6.45, 7) is 7.88. The lowest BCUT2D eigenvalue weighted by atomic mass is 9.84. The van der Waals surface area contributed by atoms with E-state index in [2.05, 4.69) is 4.98 Å². The van der Waals surface area contributed by atoms with Gasteiger partial charge in [-0.1, -0.05) is 0 Å². The first-order chi connectivity index (χ1) is 8.62. The number of nitrogens with two attached hydrogens (primary N) is 1. The molecule has 0 amide bonds. The molecule has 1 aromatic heterocycles. The molecule has 1 aromatic rings. The first-order valence-electron chi connectivity index (χ1n) is 6.09. The summed E-state index contributed by atoms with van der Waals surface area (Å²) in [5.74, 6) is 0. The van der Waals surface area contributed by atoms with E-state index < -0.39 is 29.1 Å². The average molecular weight is 282 g/mol. The Morgan fingerprint density at radius 1 is 1.21 bits per heavy atom. The third-order valence-electron chi connectivity index (χ3n) is 3.63. The molecule has 2 rings (SSSR count). The predicted molar refractivity (Wildman–Crippen MR) is 76.7 cm³/mol. The monoisotopic (exact) mass is 282 g/mol. The molecular weight excluding hydrogens is 263 g/mol. The van der Waals surface area contributed by atoms with Gasteiger partial charge in [-0.05, 0) is 39.8 Å². The minimum atomic E-state index is -1.19. The van der Waals surface area contributed by atoms with Gasteiger partial charge in [0.1, 0.15) is 5.03 Å². The highest BCUT2D eigenvalue weighted by atomic mass is 32.2. The zero-order chi connectivity index (χ0) is 14.4. The van der Waals surface area contributed by atoms with Crippen LogP contribution < -0.4 is 11.3 Å². The van der Waals surface area contributed by atoms with Crippen LogP contribution in [-0.2, 0) is 20.1 Å². The van der Waals surface area contributed by atoms with E-state index in [1.54, 1.807) is 18.4 Å². The fourth-order valence-corrected chi connectivity index (χ4v) is 2.31. The van der Waals surface area contributed by atoms with Gasteiger partial charge in [-0.3, -0.25) is 4.21 Å². The Bertz CT molecular complexity index is 518. The number of aromatic nitrogens is 1. The molecule has 0 bridgehead atoms. The smallest absolute Gasteiger partial charge is 0.399 e. The second-order valence-electron chi connectivity index (χ2n) is 5.71. The van der Waals surface area contributed by atoms with E-state index in [0.29, 0.717) is 16.3 Å². The topological polar surface area (TPSA) is 74.4 Å². The minimum Gasteiger partial charge on any atom is -0.399 e. The van der Waals surface area contributed by atoms with Crippen LogP contribution in [-0.4, -0.2) is 33.8 Å². The highest BCUT2D eigenvalue weighted by molar-refractivity contribution is 7.84. The van der Waals surface area contributed by atoms with E-state index in [1.807, 2.05) is 27.7 Å².